The first kappa shape index (κ1) is 21.4. The van der Waals surface area contributed by atoms with E-state index in [-0.39, 0.29) is 29.2 Å². The van der Waals surface area contributed by atoms with E-state index in [9.17, 15) is 18.0 Å². The normalized spacial score (nSPS) is 15.8. The molecular weight excluding hydrogens is 366 g/mol. The van der Waals surface area contributed by atoms with E-state index in [1.54, 1.807) is 24.3 Å². The van der Waals surface area contributed by atoms with Gasteiger partial charge in [0.1, 0.15) is 0 Å². The Balaban J connectivity index is 1.95. The minimum absolute atomic E-state index is 0.0883. The number of hydrogen-bond acceptors (Lipinski definition) is 4. The van der Waals surface area contributed by atoms with Crippen molar-refractivity contribution >= 4 is 21.8 Å². The molecule has 1 fully saturated rings. The highest BCUT2D eigenvalue weighted by Gasteiger charge is 2.27. The number of nitrogens with zero attached hydrogens (tertiary/aromatic N) is 2. The molecule has 1 aromatic carbocycles. The van der Waals surface area contributed by atoms with Gasteiger partial charge >= 0.3 is 0 Å². The molecule has 0 radical (unpaired) electrons. The van der Waals surface area contributed by atoms with E-state index in [0.29, 0.717) is 37.9 Å². The van der Waals surface area contributed by atoms with E-state index in [0.717, 1.165) is 10.7 Å². The lowest BCUT2D eigenvalue weighted by atomic mass is 9.95. The number of sulfonamides is 1. The van der Waals surface area contributed by atoms with Crippen LogP contribution in [0.4, 0.5) is 0 Å². The maximum Gasteiger partial charge on any atom is 0.242 e. The van der Waals surface area contributed by atoms with Crippen LogP contribution >= 0.6 is 0 Å². The zero-order valence-corrected chi connectivity index (χ0v) is 17.1. The van der Waals surface area contributed by atoms with E-state index in [2.05, 4.69) is 5.32 Å². The number of hydrogen-bond donors (Lipinski definition) is 1. The minimum atomic E-state index is -3.56. The van der Waals surface area contributed by atoms with Crippen molar-refractivity contribution in [3.05, 3.63) is 29.8 Å². The van der Waals surface area contributed by atoms with Gasteiger partial charge in [-0.05, 0) is 30.9 Å². The van der Waals surface area contributed by atoms with Crippen molar-refractivity contribution in [2.75, 3.05) is 27.2 Å². The van der Waals surface area contributed by atoms with Gasteiger partial charge in [0, 0.05) is 46.1 Å². The molecule has 1 aliphatic rings. The van der Waals surface area contributed by atoms with Crippen LogP contribution < -0.4 is 5.32 Å². The molecule has 1 N–H and O–H groups in total. The van der Waals surface area contributed by atoms with Crippen molar-refractivity contribution in [2.45, 2.75) is 44.0 Å². The molecule has 0 spiro atoms. The van der Waals surface area contributed by atoms with E-state index in [1.807, 2.05) is 11.8 Å². The first-order valence-electron chi connectivity index (χ1n) is 9.33. The van der Waals surface area contributed by atoms with Crippen molar-refractivity contribution in [2.24, 2.45) is 5.92 Å². The van der Waals surface area contributed by atoms with Crippen LogP contribution in [0.5, 0.6) is 0 Å². The smallest absolute Gasteiger partial charge is 0.242 e. The second kappa shape index (κ2) is 9.32. The largest absolute Gasteiger partial charge is 0.352 e. The number of nitrogens with one attached hydrogen (secondary N) is 1. The van der Waals surface area contributed by atoms with E-state index >= 15 is 0 Å². The lowest BCUT2D eigenvalue weighted by molar-refractivity contribution is -0.135. The average molecular weight is 396 g/mol. The molecular formula is C19H29N3O4S. The van der Waals surface area contributed by atoms with Gasteiger partial charge in [0.2, 0.25) is 21.8 Å². The summed E-state index contributed by atoms with van der Waals surface area (Å²) < 4.78 is 26.0. The summed E-state index contributed by atoms with van der Waals surface area (Å²) in [7, 11) is -0.596. The molecule has 0 unspecified atom stereocenters. The van der Waals surface area contributed by atoms with Crippen molar-refractivity contribution in [1.82, 2.24) is 14.5 Å². The number of amides is 2. The van der Waals surface area contributed by atoms with Gasteiger partial charge in [-0.15, -0.1) is 0 Å². The SMILES string of the molecule is CCCC(=O)N1CCC(C(=O)NCc2ccccc2S(=O)(=O)N(C)C)CC1. The number of carbonyl (C=O) groups excluding carboxylic acids is 2. The Morgan fingerprint density at radius 1 is 1.19 bits per heavy atom. The van der Waals surface area contributed by atoms with Gasteiger partial charge < -0.3 is 10.2 Å². The summed E-state index contributed by atoms with van der Waals surface area (Å²) in [5.74, 6) is -0.0814. The molecule has 1 saturated heterocycles. The Bertz CT molecular complexity index is 769. The first-order chi connectivity index (χ1) is 12.8. The fourth-order valence-electron chi connectivity index (χ4n) is 3.19. The third-order valence-electron chi connectivity index (χ3n) is 4.87. The van der Waals surface area contributed by atoms with Crippen LogP contribution in [0.2, 0.25) is 0 Å². The van der Waals surface area contributed by atoms with Gasteiger partial charge in [-0.1, -0.05) is 25.1 Å². The highest BCUT2D eigenvalue weighted by atomic mass is 32.2. The predicted octanol–water partition coefficient (Wildman–Crippen LogP) is 1.59. The molecule has 1 heterocycles. The monoisotopic (exact) mass is 395 g/mol. The minimum Gasteiger partial charge on any atom is -0.352 e. The molecule has 0 saturated carbocycles. The second-order valence-electron chi connectivity index (χ2n) is 7.02. The maximum absolute atomic E-state index is 12.5. The molecule has 1 aromatic rings. The summed E-state index contributed by atoms with van der Waals surface area (Å²) in [4.78, 5) is 26.5. The highest BCUT2D eigenvalue weighted by molar-refractivity contribution is 7.89. The molecule has 27 heavy (non-hydrogen) atoms. The van der Waals surface area contributed by atoms with Crippen LogP contribution in [-0.2, 0) is 26.2 Å². The van der Waals surface area contributed by atoms with Gasteiger partial charge in [-0.25, -0.2) is 12.7 Å². The summed E-state index contributed by atoms with van der Waals surface area (Å²) in [6, 6.07) is 6.69. The quantitative estimate of drug-likeness (QED) is 0.760. The lowest BCUT2D eigenvalue weighted by Crippen LogP contribution is -2.42. The van der Waals surface area contributed by atoms with Gasteiger partial charge in [-0.2, -0.15) is 0 Å². The predicted molar refractivity (Wildman–Crippen MR) is 103 cm³/mol. The van der Waals surface area contributed by atoms with Crippen molar-refractivity contribution in [3.8, 4) is 0 Å². The van der Waals surface area contributed by atoms with Gasteiger partial charge in [0.25, 0.3) is 0 Å². The summed E-state index contributed by atoms with van der Waals surface area (Å²) in [5, 5.41) is 2.86. The van der Waals surface area contributed by atoms with Crippen LogP contribution in [0.1, 0.15) is 38.2 Å². The number of benzene rings is 1. The molecule has 2 rings (SSSR count). The Morgan fingerprint density at radius 3 is 2.41 bits per heavy atom. The Hall–Kier alpha value is -1.93. The first-order valence-corrected chi connectivity index (χ1v) is 10.8. The molecule has 7 nitrogen and oxygen atoms in total. The number of likely N-dealkylation sites (tertiary alicyclic amines) is 1. The fourth-order valence-corrected chi connectivity index (χ4v) is 4.30. The molecule has 2 amide bonds. The number of carbonyl (C=O) groups is 2. The fraction of sp³-hybridized carbons (Fsp3) is 0.579. The molecule has 1 aliphatic heterocycles. The van der Waals surface area contributed by atoms with Crippen LogP contribution in [0.3, 0.4) is 0 Å². The third-order valence-corrected chi connectivity index (χ3v) is 6.78. The van der Waals surface area contributed by atoms with Gasteiger partial charge in [-0.3, -0.25) is 9.59 Å². The zero-order chi connectivity index (χ0) is 20.0. The number of piperidine rings is 1. The van der Waals surface area contributed by atoms with Crippen molar-refractivity contribution < 1.29 is 18.0 Å². The van der Waals surface area contributed by atoms with Crippen LogP contribution in [0.25, 0.3) is 0 Å². The highest BCUT2D eigenvalue weighted by Crippen LogP contribution is 2.20. The molecule has 0 aliphatic carbocycles. The van der Waals surface area contributed by atoms with Crippen LogP contribution in [-0.4, -0.2) is 56.6 Å². The van der Waals surface area contributed by atoms with E-state index in [4.69, 9.17) is 0 Å². The zero-order valence-electron chi connectivity index (χ0n) is 16.3. The summed E-state index contributed by atoms with van der Waals surface area (Å²) >= 11 is 0. The summed E-state index contributed by atoms with van der Waals surface area (Å²) in [5.41, 5.74) is 0.565. The summed E-state index contributed by atoms with van der Waals surface area (Å²) in [6.07, 6.45) is 2.65. The van der Waals surface area contributed by atoms with E-state index in [1.165, 1.54) is 14.1 Å². The van der Waals surface area contributed by atoms with Crippen molar-refractivity contribution in [3.63, 3.8) is 0 Å². The maximum atomic E-state index is 12.5. The van der Waals surface area contributed by atoms with E-state index < -0.39 is 10.0 Å². The Morgan fingerprint density at radius 2 is 1.81 bits per heavy atom. The standard InChI is InChI=1S/C19H29N3O4S/c1-4-7-18(23)22-12-10-15(11-13-22)19(24)20-14-16-8-5-6-9-17(16)27(25,26)21(2)3/h5-6,8-9,15H,4,7,10-14H2,1-3H3,(H,20,24). The molecule has 0 aromatic heterocycles. The summed E-state index contributed by atoms with van der Waals surface area (Å²) in [6.45, 7) is 3.34. The second-order valence-corrected chi connectivity index (χ2v) is 9.14. The number of rotatable bonds is 7. The lowest BCUT2D eigenvalue weighted by Gasteiger charge is -2.31. The average Bonchev–Trinajstić information content (AvgIpc) is 2.66. The molecule has 8 heteroatoms. The topological polar surface area (TPSA) is 86.8 Å². The van der Waals surface area contributed by atoms with Crippen LogP contribution in [0, 0.1) is 5.92 Å². The molecule has 0 bridgehead atoms. The Labute approximate surface area is 161 Å². The molecule has 0 atom stereocenters. The third kappa shape index (κ3) is 5.29. The molecule has 150 valence electrons. The van der Waals surface area contributed by atoms with Gasteiger partial charge in [0.15, 0.2) is 0 Å². The van der Waals surface area contributed by atoms with Crippen molar-refractivity contribution in [1.29, 1.82) is 0 Å². The van der Waals surface area contributed by atoms with Crippen LogP contribution in [0.15, 0.2) is 29.2 Å². The van der Waals surface area contributed by atoms with Gasteiger partial charge in [0.05, 0.1) is 4.90 Å². The Kier molecular flexibility index (Phi) is 7.38.